The average molecular weight is 231 g/mol. The molecule has 1 aromatic rings. The smallest absolute Gasteiger partial charge is 0.223 e. The van der Waals surface area contributed by atoms with Crippen molar-refractivity contribution in [3.05, 3.63) is 6.07 Å². The van der Waals surface area contributed by atoms with Crippen LogP contribution in [0.15, 0.2) is 11.1 Å². The number of aliphatic hydroxyl groups excluding tert-OH is 2. The Balaban J connectivity index is 2.64. The van der Waals surface area contributed by atoms with Crippen molar-refractivity contribution in [2.24, 2.45) is 5.84 Å². The summed E-state index contributed by atoms with van der Waals surface area (Å²) in [6, 6.07) is 1.60. The third-order valence-corrected chi connectivity index (χ3v) is 2.56. The van der Waals surface area contributed by atoms with Gasteiger partial charge in [0.2, 0.25) is 5.95 Å². The summed E-state index contributed by atoms with van der Waals surface area (Å²) in [5.41, 5.74) is 7.78. The van der Waals surface area contributed by atoms with Crippen LogP contribution >= 0.6 is 11.8 Å². The first-order chi connectivity index (χ1) is 7.15. The minimum Gasteiger partial charge on any atom is -0.394 e. The van der Waals surface area contributed by atoms with E-state index in [4.69, 9.17) is 21.8 Å². The number of nitrogens with one attached hydrogen (secondary N) is 1. The highest BCUT2D eigenvalue weighted by molar-refractivity contribution is 7.99. The molecule has 1 unspecified atom stereocenters. The van der Waals surface area contributed by atoms with Crippen LogP contribution in [0.1, 0.15) is 0 Å². The van der Waals surface area contributed by atoms with Gasteiger partial charge in [-0.2, -0.15) is 4.98 Å². The van der Waals surface area contributed by atoms with Crippen LogP contribution in [-0.4, -0.2) is 38.6 Å². The van der Waals surface area contributed by atoms with Crippen molar-refractivity contribution in [1.82, 2.24) is 9.97 Å². The van der Waals surface area contributed by atoms with Crippen molar-refractivity contribution >= 4 is 23.5 Å². The lowest BCUT2D eigenvalue weighted by atomic mass is 10.4. The molecule has 0 bridgehead atoms. The summed E-state index contributed by atoms with van der Waals surface area (Å²) >= 11 is 1.26. The van der Waals surface area contributed by atoms with Gasteiger partial charge in [-0.25, -0.2) is 10.8 Å². The highest BCUT2D eigenvalue weighted by atomic mass is 32.2. The molecule has 0 spiro atoms. The summed E-state index contributed by atoms with van der Waals surface area (Å²) in [6.07, 6.45) is -0.777. The number of hydrazine groups is 1. The van der Waals surface area contributed by atoms with Crippen LogP contribution in [0.4, 0.5) is 11.8 Å². The minimum absolute atomic E-state index is 0.103. The summed E-state index contributed by atoms with van der Waals surface area (Å²) in [4.78, 5) is 7.73. The van der Waals surface area contributed by atoms with Crippen molar-refractivity contribution in [2.75, 3.05) is 23.5 Å². The van der Waals surface area contributed by atoms with E-state index in [9.17, 15) is 0 Å². The summed E-state index contributed by atoms with van der Waals surface area (Å²) in [6.45, 7) is -0.282. The van der Waals surface area contributed by atoms with Gasteiger partial charge < -0.3 is 21.4 Å². The highest BCUT2D eigenvalue weighted by Gasteiger charge is 2.06. The molecular formula is C7H13N5O2S. The maximum absolute atomic E-state index is 9.13. The van der Waals surface area contributed by atoms with Gasteiger partial charge in [0.1, 0.15) is 10.8 Å². The number of rotatable bonds is 5. The Morgan fingerprint density at radius 2 is 2.27 bits per heavy atom. The summed E-state index contributed by atoms with van der Waals surface area (Å²) in [5.74, 6) is 6.01. The van der Waals surface area contributed by atoms with Crippen LogP contribution in [0.5, 0.6) is 0 Å². The van der Waals surface area contributed by atoms with Crippen LogP contribution in [0, 0.1) is 0 Å². The molecule has 0 aliphatic carbocycles. The molecule has 8 heteroatoms. The third-order valence-electron chi connectivity index (χ3n) is 1.50. The van der Waals surface area contributed by atoms with Gasteiger partial charge >= 0.3 is 0 Å². The Hall–Kier alpha value is -1.09. The molecule has 0 radical (unpaired) electrons. The van der Waals surface area contributed by atoms with E-state index in [1.54, 1.807) is 6.07 Å². The highest BCUT2D eigenvalue weighted by Crippen LogP contribution is 2.19. The molecule has 0 saturated heterocycles. The minimum atomic E-state index is -0.777. The number of aromatic nitrogens is 2. The van der Waals surface area contributed by atoms with Gasteiger partial charge in [0.15, 0.2) is 0 Å². The van der Waals surface area contributed by atoms with Gasteiger partial charge in [-0.05, 0) is 0 Å². The van der Waals surface area contributed by atoms with Crippen molar-refractivity contribution in [3.8, 4) is 0 Å². The Bertz CT molecular complexity index is 324. The SMILES string of the molecule is NNc1cc(SCC(O)CO)nc(N)n1. The topological polar surface area (TPSA) is 130 Å². The first-order valence-corrected chi connectivity index (χ1v) is 5.17. The molecule has 1 rings (SSSR count). The van der Waals surface area contributed by atoms with Crippen LogP contribution in [0.25, 0.3) is 0 Å². The van der Waals surface area contributed by atoms with E-state index < -0.39 is 6.10 Å². The largest absolute Gasteiger partial charge is 0.394 e. The standard InChI is InChI=1S/C7H13N5O2S/c8-7-10-5(12-9)1-6(11-7)15-3-4(14)2-13/h1,4,13-14H,2-3,9H2,(H3,8,10,11,12). The number of nitrogens with zero attached hydrogens (tertiary/aromatic N) is 2. The zero-order chi connectivity index (χ0) is 11.3. The molecule has 0 fully saturated rings. The predicted octanol–water partition coefficient (Wildman–Crippen LogP) is -1.21. The van der Waals surface area contributed by atoms with E-state index in [2.05, 4.69) is 15.4 Å². The first-order valence-electron chi connectivity index (χ1n) is 4.18. The maximum atomic E-state index is 9.13. The van der Waals surface area contributed by atoms with E-state index in [1.165, 1.54) is 11.8 Å². The number of nitrogens with two attached hydrogens (primary N) is 2. The molecule has 7 nitrogen and oxygen atoms in total. The summed E-state index contributed by atoms with van der Waals surface area (Å²) in [7, 11) is 0. The predicted molar refractivity (Wildman–Crippen MR) is 58.1 cm³/mol. The Morgan fingerprint density at radius 1 is 1.53 bits per heavy atom. The van der Waals surface area contributed by atoms with Gasteiger partial charge in [0.25, 0.3) is 0 Å². The number of thioether (sulfide) groups is 1. The fourth-order valence-electron chi connectivity index (χ4n) is 0.825. The Labute approximate surface area is 90.9 Å². The fourth-order valence-corrected chi connectivity index (χ4v) is 1.65. The molecule has 1 atom stereocenters. The second kappa shape index (κ2) is 5.71. The third kappa shape index (κ3) is 3.88. The van der Waals surface area contributed by atoms with Crippen LogP contribution in [-0.2, 0) is 0 Å². The number of hydrogen-bond acceptors (Lipinski definition) is 8. The van der Waals surface area contributed by atoms with Gasteiger partial charge in [0.05, 0.1) is 12.7 Å². The quantitative estimate of drug-likeness (QED) is 0.185. The van der Waals surface area contributed by atoms with Crippen molar-refractivity contribution in [1.29, 1.82) is 0 Å². The molecule has 1 heterocycles. The zero-order valence-electron chi connectivity index (χ0n) is 7.92. The Kier molecular flexibility index (Phi) is 4.56. The molecule has 15 heavy (non-hydrogen) atoms. The van der Waals surface area contributed by atoms with Gasteiger partial charge in [0, 0.05) is 11.8 Å². The van der Waals surface area contributed by atoms with Crippen LogP contribution in [0.2, 0.25) is 0 Å². The number of nitrogen functional groups attached to an aromatic ring is 2. The number of aliphatic hydroxyl groups is 2. The van der Waals surface area contributed by atoms with Gasteiger partial charge in [-0.3, -0.25) is 0 Å². The molecule has 0 amide bonds. The first kappa shape index (κ1) is 12.0. The van der Waals surface area contributed by atoms with Gasteiger partial charge in [-0.15, -0.1) is 11.8 Å². The maximum Gasteiger partial charge on any atom is 0.223 e. The number of hydrogen-bond donors (Lipinski definition) is 5. The van der Waals surface area contributed by atoms with E-state index in [1.807, 2.05) is 0 Å². The normalized spacial score (nSPS) is 12.5. The van der Waals surface area contributed by atoms with Crippen LogP contribution in [0.3, 0.4) is 0 Å². The van der Waals surface area contributed by atoms with Crippen molar-refractivity contribution < 1.29 is 10.2 Å². The monoisotopic (exact) mass is 231 g/mol. The molecule has 0 aromatic carbocycles. The second-order valence-electron chi connectivity index (χ2n) is 2.74. The van der Waals surface area contributed by atoms with Crippen molar-refractivity contribution in [2.45, 2.75) is 11.1 Å². The van der Waals surface area contributed by atoms with E-state index in [0.717, 1.165) is 0 Å². The van der Waals surface area contributed by atoms with E-state index >= 15 is 0 Å². The fraction of sp³-hybridized carbons (Fsp3) is 0.429. The average Bonchev–Trinajstić information content (AvgIpc) is 2.25. The molecule has 0 aliphatic rings. The molecule has 0 saturated carbocycles. The lowest BCUT2D eigenvalue weighted by Gasteiger charge is -2.07. The van der Waals surface area contributed by atoms with E-state index in [0.29, 0.717) is 16.6 Å². The molecule has 84 valence electrons. The lowest BCUT2D eigenvalue weighted by molar-refractivity contribution is 0.113. The molecular weight excluding hydrogens is 218 g/mol. The van der Waals surface area contributed by atoms with E-state index in [-0.39, 0.29) is 12.6 Å². The van der Waals surface area contributed by atoms with Crippen LogP contribution < -0.4 is 17.0 Å². The van der Waals surface area contributed by atoms with Gasteiger partial charge in [-0.1, -0.05) is 0 Å². The van der Waals surface area contributed by atoms with Crippen molar-refractivity contribution in [3.63, 3.8) is 0 Å². The lowest BCUT2D eigenvalue weighted by Crippen LogP contribution is -2.15. The molecule has 7 N–H and O–H groups in total. The molecule has 1 aromatic heterocycles. The second-order valence-corrected chi connectivity index (χ2v) is 3.78. The summed E-state index contributed by atoms with van der Waals surface area (Å²) < 4.78 is 0. The summed E-state index contributed by atoms with van der Waals surface area (Å²) in [5, 5.41) is 18.3. The zero-order valence-corrected chi connectivity index (χ0v) is 8.74. The Morgan fingerprint density at radius 3 is 2.87 bits per heavy atom. The molecule has 0 aliphatic heterocycles. The number of anilines is 2.